The van der Waals surface area contributed by atoms with Crippen LogP contribution in [0.4, 0.5) is 0 Å². The summed E-state index contributed by atoms with van der Waals surface area (Å²) in [5.41, 5.74) is 0. The van der Waals surface area contributed by atoms with Gasteiger partial charge in [-0.15, -0.1) is 0 Å². The van der Waals surface area contributed by atoms with Crippen LogP contribution < -0.4 is 0 Å². The fourth-order valence-corrected chi connectivity index (χ4v) is 4.12. The molecule has 8 heteroatoms. The normalized spacial score (nSPS) is 20.8. The van der Waals surface area contributed by atoms with Gasteiger partial charge in [-0.25, -0.2) is 0 Å². The molecule has 1 aliphatic rings. The van der Waals surface area contributed by atoms with Crippen LogP contribution in [0.3, 0.4) is 0 Å². The highest BCUT2D eigenvalue weighted by molar-refractivity contribution is 7.86. The number of carboxylic acid groups (broad SMARTS) is 1. The summed E-state index contributed by atoms with van der Waals surface area (Å²) < 4.78 is 33.0. The molecule has 0 radical (unpaired) electrons. The highest BCUT2D eigenvalue weighted by Gasteiger charge is 2.35. The van der Waals surface area contributed by atoms with Crippen molar-refractivity contribution in [3.05, 3.63) is 24.2 Å². The predicted octanol–water partition coefficient (Wildman–Crippen LogP) is 1.14. The van der Waals surface area contributed by atoms with E-state index in [0.29, 0.717) is 31.7 Å². The molecule has 1 fully saturated rings. The molecule has 7 nitrogen and oxygen atoms in total. The minimum Gasteiger partial charge on any atom is -0.481 e. The van der Waals surface area contributed by atoms with Gasteiger partial charge < -0.3 is 9.52 Å². The smallest absolute Gasteiger partial charge is 0.307 e. The van der Waals surface area contributed by atoms with Crippen molar-refractivity contribution >= 4 is 16.2 Å². The first kappa shape index (κ1) is 16.0. The monoisotopic (exact) mass is 316 g/mol. The molecule has 0 amide bonds. The summed E-state index contributed by atoms with van der Waals surface area (Å²) in [4.78, 5) is 11.1. The van der Waals surface area contributed by atoms with Crippen LogP contribution in [-0.4, -0.2) is 47.7 Å². The van der Waals surface area contributed by atoms with Crippen LogP contribution in [0.5, 0.6) is 0 Å². The number of hydrogen-bond acceptors (Lipinski definition) is 4. The third-order valence-electron chi connectivity index (χ3n) is 3.65. The number of carbonyl (C=O) groups is 1. The lowest BCUT2D eigenvalue weighted by atomic mass is 10.0. The van der Waals surface area contributed by atoms with Crippen molar-refractivity contribution in [3.63, 3.8) is 0 Å². The second-order valence-corrected chi connectivity index (χ2v) is 6.98. The summed E-state index contributed by atoms with van der Waals surface area (Å²) in [6.45, 7) is 2.60. The van der Waals surface area contributed by atoms with Crippen LogP contribution in [0.2, 0.25) is 0 Å². The Morgan fingerprint density at radius 3 is 2.90 bits per heavy atom. The van der Waals surface area contributed by atoms with Crippen molar-refractivity contribution < 1.29 is 22.7 Å². The van der Waals surface area contributed by atoms with Crippen LogP contribution in [0.25, 0.3) is 0 Å². The standard InChI is InChI=1S/C13H20N2O5S/c1-2-14(10-12-6-4-8-20-12)21(18,19)15-7-3-5-11(9-15)13(16)17/h4,6,8,11H,2-3,5,7,9-10H2,1H3,(H,16,17). The van der Waals surface area contributed by atoms with Gasteiger partial charge in [0.05, 0.1) is 18.7 Å². The maximum Gasteiger partial charge on any atom is 0.307 e. The number of hydrogen-bond donors (Lipinski definition) is 1. The van der Waals surface area contributed by atoms with Gasteiger partial charge in [-0.1, -0.05) is 6.92 Å². The van der Waals surface area contributed by atoms with E-state index in [2.05, 4.69) is 0 Å². The Bertz CT molecular complexity index is 569. The molecule has 1 saturated heterocycles. The van der Waals surface area contributed by atoms with E-state index in [1.807, 2.05) is 0 Å². The molecule has 2 heterocycles. The fourth-order valence-electron chi connectivity index (χ4n) is 2.45. The molecular weight excluding hydrogens is 296 g/mol. The summed E-state index contributed by atoms with van der Waals surface area (Å²) in [6.07, 6.45) is 2.58. The number of piperidine rings is 1. The van der Waals surface area contributed by atoms with Gasteiger partial charge in [-0.3, -0.25) is 4.79 Å². The second kappa shape index (κ2) is 6.59. The number of nitrogens with zero attached hydrogens (tertiary/aromatic N) is 2. The van der Waals surface area contributed by atoms with E-state index in [9.17, 15) is 13.2 Å². The van der Waals surface area contributed by atoms with Crippen molar-refractivity contribution in [2.75, 3.05) is 19.6 Å². The van der Waals surface area contributed by atoms with Gasteiger partial charge in [0.15, 0.2) is 0 Å². The van der Waals surface area contributed by atoms with Crippen molar-refractivity contribution in [2.24, 2.45) is 5.92 Å². The molecule has 0 bridgehead atoms. The minimum absolute atomic E-state index is 0.0340. The summed E-state index contributed by atoms with van der Waals surface area (Å²) in [5, 5.41) is 9.07. The molecule has 1 aromatic heterocycles. The van der Waals surface area contributed by atoms with Crippen molar-refractivity contribution in [1.29, 1.82) is 0 Å². The molecule has 1 aliphatic heterocycles. The van der Waals surface area contributed by atoms with Crippen molar-refractivity contribution in [3.8, 4) is 0 Å². The van der Waals surface area contributed by atoms with Gasteiger partial charge >= 0.3 is 5.97 Å². The lowest BCUT2D eigenvalue weighted by Crippen LogP contribution is -2.48. The fraction of sp³-hybridized carbons (Fsp3) is 0.615. The van der Waals surface area contributed by atoms with Crippen LogP contribution in [0.1, 0.15) is 25.5 Å². The van der Waals surface area contributed by atoms with E-state index in [1.165, 1.54) is 14.9 Å². The summed E-state index contributed by atoms with van der Waals surface area (Å²) in [5.74, 6) is -1.01. The van der Waals surface area contributed by atoms with E-state index in [-0.39, 0.29) is 13.1 Å². The number of carboxylic acids is 1. The molecule has 21 heavy (non-hydrogen) atoms. The Morgan fingerprint density at radius 1 is 1.57 bits per heavy atom. The van der Waals surface area contributed by atoms with Crippen LogP contribution in [0, 0.1) is 5.92 Å². The molecule has 1 unspecified atom stereocenters. The maximum atomic E-state index is 12.6. The molecule has 0 saturated carbocycles. The Balaban J connectivity index is 2.12. The topological polar surface area (TPSA) is 91.1 Å². The Labute approximate surface area is 124 Å². The molecule has 0 spiro atoms. The Kier molecular flexibility index (Phi) is 5.02. The van der Waals surface area contributed by atoms with Gasteiger partial charge in [0.2, 0.25) is 0 Å². The van der Waals surface area contributed by atoms with Gasteiger partial charge in [-0.05, 0) is 25.0 Å². The minimum atomic E-state index is -3.67. The number of rotatable bonds is 6. The molecule has 0 aliphatic carbocycles. The SMILES string of the molecule is CCN(Cc1ccco1)S(=O)(=O)N1CCCC(C(=O)O)C1. The highest BCUT2D eigenvalue weighted by atomic mass is 32.2. The van der Waals surface area contributed by atoms with Crippen molar-refractivity contribution in [1.82, 2.24) is 8.61 Å². The zero-order valence-electron chi connectivity index (χ0n) is 11.9. The van der Waals surface area contributed by atoms with Crippen LogP contribution in [0.15, 0.2) is 22.8 Å². The van der Waals surface area contributed by atoms with Crippen molar-refractivity contribution in [2.45, 2.75) is 26.3 Å². The lowest BCUT2D eigenvalue weighted by Gasteiger charge is -2.33. The van der Waals surface area contributed by atoms with Crippen LogP contribution in [-0.2, 0) is 21.5 Å². The first-order valence-corrected chi connectivity index (χ1v) is 8.35. The third-order valence-corrected chi connectivity index (χ3v) is 5.68. The first-order chi connectivity index (χ1) is 9.95. The largest absolute Gasteiger partial charge is 0.481 e. The van der Waals surface area contributed by atoms with Gasteiger partial charge in [0.1, 0.15) is 5.76 Å². The second-order valence-electron chi connectivity index (χ2n) is 5.05. The Morgan fingerprint density at radius 2 is 2.33 bits per heavy atom. The molecule has 118 valence electrons. The van der Waals surface area contributed by atoms with E-state index in [4.69, 9.17) is 9.52 Å². The maximum absolute atomic E-state index is 12.6. The van der Waals surface area contributed by atoms with Crippen LogP contribution >= 0.6 is 0 Å². The van der Waals surface area contributed by atoms with Gasteiger partial charge in [0.25, 0.3) is 10.2 Å². The van der Waals surface area contributed by atoms with E-state index < -0.39 is 22.1 Å². The van der Waals surface area contributed by atoms with E-state index >= 15 is 0 Å². The highest BCUT2D eigenvalue weighted by Crippen LogP contribution is 2.22. The average Bonchev–Trinajstić information content (AvgIpc) is 2.97. The zero-order valence-corrected chi connectivity index (χ0v) is 12.8. The van der Waals surface area contributed by atoms with E-state index in [1.54, 1.807) is 19.1 Å². The quantitative estimate of drug-likeness (QED) is 0.850. The van der Waals surface area contributed by atoms with E-state index in [0.717, 1.165) is 0 Å². The Hall–Kier alpha value is -1.38. The zero-order chi connectivity index (χ0) is 15.5. The number of aliphatic carboxylic acids is 1. The van der Waals surface area contributed by atoms with Gasteiger partial charge in [0, 0.05) is 19.6 Å². The average molecular weight is 316 g/mol. The lowest BCUT2D eigenvalue weighted by molar-refractivity contribution is -0.142. The molecular formula is C13H20N2O5S. The third kappa shape index (κ3) is 3.63. The predicted molar refractivity (Wildman–Crippen MR) is 75.6 cm³/mol. The molecule has 1 atom stereocenters. The first-order valence-electron chi connectivity index (χ1n) is 6.95. The molecule has 1 aromatic rings. The van der Waals surface area contributed by atoms with Gasteiger partial charge in [-0.2, -0.15) is 17.0 Å². The summed E-state index contributed by atoms with van der Waals surface area (Å²) >= 11 is 0. The number of furan rings is 1. The molecule has 0 aromatic carbocycles. The molecule has 1 N–H and O–H groups in total. The summed E-state index contributed by atoms with van der Waals surface area (Å²) in [6, 6.07) is 3.42. The molecule has 2 rings (SSSR count). The summed E-state index contributed by atoms with van der Waals surface area (Å²) in [7, 11) is -3.67.